The minimum absolute atomic E-state index is 0.0194. The molecule has 114 valence electrons. The third-order valence-electron chi connectivity index (χ3n) is 3.59. The van der Waals surface area contributed by atoms with Crippen LogP contribution in [0.15, 0.2) is 36.4 Å². The molecule has 1 unspecified atom stereocenters. The van der Waals surface area contributed by atoms with E-state index in [1.165, 1.54) is 24.1 Å². The molecule has 1 atom stereocenters. The number of ether oxygens (including phenoxy) is 2. The van der Waals surface area contributed by atoms with Crippen LogP contribution in [0.3, 0.4) is 0 Å². The Hall–Kier alpha value is -2.51. The van der Waals surface area contributed by atoms with Gasteiger partial charge in [0, 0.05) is 24.9 Å². The number of fused-ring (bicyclic) bond motifs is 1. The largest absolute Gasteiger partial charge is 0.381 e. The summed E-state index contributed by atoms with van der Waals surface area (Å²) in [4.78, 5) is 24.1. The average molecular weight is 302 g/mol. The summed E-state index contributed by atoms with van der Waals surface area (Å²) >= 11 is 0. The van der Waals surface area contributed by atoms with Crippen LogP contribution in [0.1, 0.15) is 0 Å². The highest BCUT2D eigenvalue weighted by molar-refractivity contribution is 6.00. The van der Waals surface area contributed by atoms with E-state index in [9.17, 15) is 14.9 Å². The number of carbonyl (C=O) groups is 1. The van der Waals surface area contributed by atoms with Gasteiger partial charge in [-0.15, -0.1) is 0 Å². The van der Waals surface area contributed by atoms with Crippen molar-refractivity contribution in [3.63, 3.8) is 0 Å². The molecule has 1 amide bonds. The quantitative estimate of drug-likeness (QED) is 0.638. The van der Waals surface area contributed by atoms with E-state index in [0.29, 0.717) is 11.1 Å². The fourth-order valence-electron chi connectivity index (χ4n) is 2.45. The minimum atomic E-state index is -0.606. The fraction of sp³-hybridized carbons (Fsp3) is 0.267. The van der Waals surface area contributed by atoms with E-state index < -0.39 is 11.0 Å². The number of carbonyl (C=O) groups excluding carboxylic acids is 1. The molecule has 22 heavy (non-hydrogen) atoms. The Morgan fingerprint density at radius 1 is 1.32 bits per heavy atom. The normalized spacial score (nSPS) is 18.1. The molecule has 0 bridgehead atoms. The van der Waals surface area contributed by atoms with Gasteiger partial charge in [-0.2, -0.15) is 0 Å². The first-order valence-electron chi connectivity index (χ1n) is 6.70. The van der Waals surface area contributed by atoms with Gasteiger partial charge < -0.3 is 9.47 Å². The summed E-state index contributed by atoms with van der Waals surface area (Å²) in [5, 5.41) is 12.4. The van der Waals surface area contributed by atoms with Gasteiger partial charge in [0.15, 0.2) is 6.10 Å². The summed E-state index contributed by atoms with van der Waals surface area (Å²) in [6.45, 7) is 0.349. The van der Waals surface area contributed by atoms with Crippen LogP contribution in [-0.2, 0) is 14.3 Å². The molecule has 2 aromatic rings. The molecule has 1 fully saturated rings. The zero-order valence-electron chi connectivity index (χ0n) is 11.9. The molecule has 0 aliphatic carbocycles. The first-order valence-corrected chi connectivity index (χ1v) is 6.70. The van der Waals surface area contributed by atoms with Crippen LogP contribution < -0.4 is 4.90 Å². The molecule has 0 aromatic heterocycles. The SMILES string of the molecule is COCC1OCN(c2ccc3ccc([N+](=O)[O-])cc3c2)C1=O. The Balaban J connectivity index is 1.94. The van der Waals surface area contributed by atoms with Gasteiger partial charge in [0.05, 0.1) is 11.5 Å². The summed E-state index contributed by atoms with van der Waals surface area (Å²) in [5.74, 6) is -0.174. The molecule has 1 saturated heterocycles. The molecule has 0 saturated carbocycles. The molecule has 1 aliphatic heterocycles. The highest BCUT2D eigenvalue weighted by atomic mass is 16.6. The van der Waals surface area contributed by atoms with Crippen LogP contribution in [0.5, 0.6) is 0 Å². The number of methoxy groups -OCH3 is 1. The van der Waals surface area contributed by atoms with Gasteiger partial charge in [0.1, 0.15) is 6.73 Å². The monoisotopic (exact) mass is 302 g/mol. The number of benzene rings is 2. The maximum Gasteiger partial charge on any atom is 0.270 e. The summed E-state index contributed by atoms with van der Waals surface area (Å²) in [7, 11) is 1.51. The summed E-state index contributed by atoms with van der Waals surface area (Å²) < 4.78 is 10.3. The highest BCUT2D eigenvalue weighted by Crippen LogP contribution is 2.28. The Morgan fingerprint density at radius 2 is 2.09 bits per heavy atom. The fourth-order valence-corrected chi connectivity index (χ4v) is 2.45. The molecule has 0 N–H and O–H groups in total. The Morgan fingerprint density at radius 3 is 2.82 bits per heavy atom. The number of non-ortho nitro benzene ring substituents is 1. The summed E-state index contributed by atoms with van der Waals surface area (Å²) in [6.07, 6.45) is -0.606. The van der Waals surface area contributed by atoms with Crippen molar-refractivity contribution in [2.75, 3.05) is 25.3 Å². The van der Waals surface area contributed by atoms with Gasteiger partial charge in [-0.1, -0.05) is 6.07 Å². The lowest BCUT2D eigenvalue weighted by atomic mass is 10.1. The van der Waals surface area contributed by atoms with Crippen molar-refractivity contribution in [2.45, 2.75) is 6.10 Å². The zero-order chi connectivity index (χ0) is 15.7. The van der Waals surface area contributed by atoms with Crippen molar-refractivity contribution in [3.05, 3.63) is 46.5 Å². The molecule has 0 spiro atoms. The third kappa shape index (κ3) is 2.51. The number of nitro benzene ring substituents is 1. The number of anilines is 1. The molecule has 1 heterocycles. The topological polar surface area (TPSA) is 81.9 Å². The Kier molecular flexibility index (Phi) is 3.74. The van der Waals surface area contributed by atoms with E-state index in [1.807, 2.05) is 6.07 Å². The van der Waals surface area contributed by atoms with Crippen molar-refractivity contribution in [3.8, 4) is 0 Å². The predicted octanol–water partition coefficient (Wildman–Crippen LogP) is 2.08. The van der Waals surface area contributed by atoms with E-state index in [-0.39, 0.29) is 24.9 Å². The first-order chi connectivity index (χ1) is 10.6. The van der Waals surface area contributed by atoms with Gasteiger partial charge in [0.25, 0.3) is 11.6 Å². The molecule has 1 aliphatic rings. The first kappa shape index (κ1) is 14.4. The summed E-state index contributed by atoms with van der Waals surface area (Å²) in [6, 6.07) is 10.0. The zero-order valence-corrected chi connectivity index (χ0v) is 11.9. The summed E-state index contributed by atoms with van der Waals surface area (Å²) in [5.41, 5.74) is 0.669. The van der Waals surface area contributed by atoms with Gasteiger partial charge >= 0.3 is 0 Å². The van der Waals surface area contributed by atoms with E-state index in [4.69, 9.17) is 9.47 Å². The molecule has 7 heteroatoms. The number of rotatable bonds is 4. The maximum atomic E-state index is 12.2. The molecular weight excluding hydrogens is 288 g/mol. The van der Waals surface area contributed by atoms with Crippen LogP contribution >= 0.6 is 0 Å². The van der Waals surface area contributed by atoms with Crippen LogP contribution in [0.4, 0.5) is 11.4 Å². The number of amides is 1. The van der Waals surface area contributed by atoms with Crippen LogP contribution in [0.2, 0.25) is 0 Å². The van der Waals surface area contributed by atoms with Gasteiger partial charge in [-0.25, -0.2) is 0 Å². The van der Waals surface area contributed by atoms with Crippen molar-refractivity contribution in [1.82, 2.24) is 0 Å². The Labute approximate surface area is 126 Å². The van der Waals surface area contributed by atoms with Crippen LogP contribution in [0, 0.1) is 10.1 Å². The van der Waals surface area contributed by atoms with Crippen LogP contribution in [-0.4, -0.2) is 37.4 Å². The molecule has 7 nitrogen and oxygen atoms in total. The maximum absolute atomic E-state index is 12.2. The molecule has 0 radical (unpaired) electrons. The minimum Gasteiger partial charge on any atom is -0.381 e. The van der Waals surface area contributed by atoms with E-state index in [2.05, 4.69) is 0 Å². The lowest BCUT2D eigenvalue weighted by Gasteiger charge is -2.15. The Bertz CT molecular complexity index is 746. The molecule has 3 rings (SSSR count). The molecule has 2 aromatic carbocycles. The average Bonchev–Trinajstić information content (AvgIpc) is 2.87. The van der Waals surface area contributed by atoms with Gasteiger partial charge in [-0.3, -0.25) is 19.8 Å². The number of nitrogens with zero attached hydrogens (tertiary/aromatic N) is 2. The number of hydrogen-bond donors (Lipinski definition) is 0. The smallest absolute Gasteiger partial charge is 0.270 e. The van der Waals surface area contributed by atoms with Crippen molar-refractivity contribution in [1.29, 1.82) is 0 Å². The van der Waals surface area contributed by atoms with Crippen molar-refractivity contribution >= 4 is 28.1 Å². The predicted molar refractivity (Wildman–Crippen MR) is 79.7 cm³/mol. The lowest BCUT2D eigenvalue weighted by molar-refractivity contribution is -0.384. The van der Waals surface area contributed by atoms with Crippen molar-refractivity contribution in [2.24, 2.45) is 0 Å². The number of hydrogen-bond acceptors (Lipinski definition) is 5. The van der Waals surface area contributed by atoms with Gasteiger partial charge in [0.2, 0.25) is 0 Å². The highest BCUT2D eigenvalue weighted by Gasteiger charge is 2.33. The second-order valence-corrected chi connectivity index (χ2v) is 4.98. The number of nitro groups is 1. The molecular formula is C15H14N2O5. The second kappa shape index (κ2) is 5.70. The lowest BCUT2D eigenvalue weighted by Crippen LogP contribution is -2.31. The standard InChI is InChI=1S/C15H14N2O5/c1-21-8-14-15(18)16(9-22-14)12-4-2-10-3-5-13(17(19)20)7-11(10)6-12/h2-7,14H,8-9H2,1H3. The van der Waals surface area contributed by atoms with E-state index in [1.54, 1.807) is 18.2 Å². The van der Waals surface area contributed by atoms with Crippen molar-refractivity contribution < 1.29 is 19.2 Å². The van der Waals surface area contributed by atoms with E-state index >= 15 is 0 Å². The third-order valence-corrected chi connectivity index (χ3v) is 3.59. The van der Waals surface area contributed by atoms with E-state index in [0.717, 1.165) is 5.39 Å². The second-order valence-electron chi connectivity index (χ2n) is 4.98. The van der Waals surface area contributed by atoms with Crippen LogP contribution in [0.25, 0.3) is 10.8 Å². The van der Waals surface area contributed by atoms with Gasteiger partial charge in [-0.05, 0) is 29.0 Å².